The van der Waals surface area contributed by atoms with Crippen molar-refractivity contribution in [3.8, 4) is 0 Å². The number of rotatable bonds is 6. The van der Waals surface area contributed by atoms with Gasteiger partial charge in [0.1, 0.15) is 0 Å². The van der Waals surface area contributed by atoms with E-state index in [2.05, 4.69) is 49.3 Å². The van der Waals surface area contributed by atoms with Gasteiger partial charge in [-0.25, -0.2) is 0 Å². The van der Waals surface area contributed by atoms with Crippen molar-refractivity contribution in [2.75, 3.05) is 6.54 Å². The maximum Gasteiger partial charge on any atom is 0.0279 e. The third-order valence-corrected chi connectivity index (χ3v) is 4.07. The van der Waals surface area contributed by atoms with Crippen molar-refractivity contribution in [2.24, 2.45) is 5.92 Å². The highest BCUT2D eigenvalue weighted by Crippen LogP contribution is 2.28. The number of hydrogen-bond acceptors (Lipinski definition) is 3. The smallest absolute Gasteiger partial charge is 0.0279 e. The van der Waals surface area contributed by atoms with E-state index in [0.29, 0.717) is 5.92 Å². The summed E-state index contributed by atoms with van der Waals surface area (Å²) >= 11 is 1.78. The predicted molar refractivity (Wildman–Crippen MR) is 86.1 cm³/mol. The maximum atomic E-state index is 4.04. The molecule has 1 N–H and O–H groups in total. The number of benzene rings is 1. The standard InChI is InChI=1S/C17H22N2S/c1-13(2)11-19-12-15-4-5-17(10-14(15)3)20-16-6-8-18-9-7-16/h4-10,13,19H,11-12H2,1-3H3. The van der Waals surface area contributed by atoms with Crippen LogP contribution in [0.25, 0.3) is 0 Å². The average molecular weight is 286 g/mol. The van der Waals surface area contributed by atoms with Crippen LogP contribution in [0.2, 0.25) is 0 Å². The number of nitrogens with zero attached hydrogens (tertiary/aromatic N) is 1. The van der Waals surface area contributed by atoms with Crippen LogP contribution in [0.4, 0.5) is 0 Å². The van der Waals surface area contributed by atoms with E-state index < -0.39 is 0 Å². The van der Waals surface area contributed by atoms with Gasteiger partial charge in [0.2, 0.25) is 0 Å². The van der Waals surface area contributed by atoms with E-state index in [1.54, 1.807) is 11.8 Å². The van der Waals surface area contributed by atoms with E-state index in [4.69, 9.17) is 0 Å². The molecule has 1 heterocycles. The Morgan fingerprint density at radius 1 is 1.10 bits per heavy atom. The lowest BCUT2D eigenvalue weighted by Gasteiger charge is -2.11. The number of aromatic nitrogens is 1. The van der Waals surface area contributed by atoms with Crippen LogP contribution in [-0.2, 0) is 6.54 Å². The quantitative estimate of drug-likeness (QED) is 0.857. The summed E-state index contributed by atoms with van der Waals surface area (Å²) in [6, 6.07) is 10.8. The SMILES string of the molecule is Cc1cc(Sc2ccncc2)ccc1CNCC(C)C. The lowest BCUT2D eigenvalue weighted by molar-refractivity contribution is 0.551. The van der Waals surface area contributed by atoms with Gasteiger partial charge in [-0.15, -0.1) is 0 Å². The molecule has 0 aliphatic carbocycles. The highest BCUT2D eigenvalue weighted by atomic mass is 32.2. The zero-order chi connectivity index (χ0) is 14.4. The molecule has 1 aromatic heterocycles. The summed E-state index contributed by atoms with van der Waals surface area (Å²) in [4.78, 5) is 6.55. The number of pyridine rings is 1. The van der Waals surface area contributed by atoms with Gasteiger partial charge in [0.25, 0.3) is 0 Å². The zero-order valence-electron chi connectivity index (χ0n) is 12.4. The summed E-state index contributed by atoms with van der Waals surface area (Å²) in [6.45, 7) is 8.66. The lowest BCUT2D eigenvalue weighted by Crippen LogP contribution is -2.19. The molecule has 0 spiro atoms. The Morgan fingerprint density at radius 3 is 2.50 bits per heavy atom. The van der Waals surface area contributed by atoms with E-state index in [-0.39, 0.29) is 0 Å². The van der Waals surface area contributed by atoms with Gasteiger partial charge >= 0.3 is 0 Å². The third kappa shape index (κ3) is 4.66. The Morgan fingerprint density at radius 2 is 1.85 bits per heavy atom. The van der Waals surface area contributed by atoms with Crippen molar-refractivity contribution in [2.45, 2.75) is 37.1 Å². The van der Waals surface area contributed by atoms with Crippen LogP contribution in [0, 0.1) is 12.8 Å². The minimum atomic E-state index is 0.692. The summed E-state index contributed by atoms with van der Waals surface area (Å²) in [5.74, 6) is 0.692. The van der Waals surface area contributed by atoms with Crippen LogP contribution in [-0.4, -0.2) is 11.5 Å². The Balaban J connectivity index is 1.98. The average Bonchev–Trinajstić information content (AvgIpc) is 2.42. The summed E-state index contributed by atoms with van der Waals surface area (Å²) < 4.78 is 0. The van der Waals surface area contributed by atoms with Gasteiger partial charge in [0.05, 0.1) is 0 Å². The maximum absolute atomic E-state index is 4.04. The molecule has 0 bridgehead atoms. The molecule has 0 aliphatic heterocycles. The first kappa shape index (κ1) is 15.1. The molecule has 0 saturated heterocycles. The van der Waals surface area contributed by atoms with Crippen LogP contribution in [0.3, 0.4) is 0 Å². The molecule has 2 rings (SSSR count). The van der Waals surface area contributed by atoms with E-state index >= 15 is 0 Å². The fraction of sp³-hybridized carbons (Fsp3) is 0.353. The van der Waals surface area contributed by atoms with Gasteiger partial charge in [-0.05, 0) is 54.8 Å². The van der Waals surface area contributed by atoms with Crippen LogP contribution < -0.4 is 5.32 Å². The van der Waals surface area contributed by atoms with E-state index in [0.717, 1.165) is 13.1 Å². The number of nitrogens with one attached hydrogen (secondary N) is 1. The highest BCUT2D eigenvalue weighted by molar-refractivity contribution is 7.99. The molecule has 2 aromatic rings. The lowest BCUT2D eigenvalue weighted by atomic mass is 10.1. The van der Waals surface area contributed by atoms with Crippen LogP contribution in [0.5, 0.6) is 0 Å². The zero-order valence-corrected chi connectivity index (χ0v) is 13.2. The summed E-state index contributed by atoms with van der Waals surface area (Å²) in [5.41, 5.74) is 2.73. The molecule has 0 amide bonds. The van der Waals surface area contributed by atoms with Crippen LogP contribution in [0.15, 0.2) is 52.5 Å². The number of aryl methyl sites for hydroxylation is 1. The van der Waals surface area contributed by atoms with Gasteiger partial charge in [0.15, 0.2) is 0 Å². The topological polar surface area (TPSA) is 24.9 Å². The van der Waals surface area contributed by atoms with Crippen molar-refractivity contribution in [3.05, 3.63) is 53.9 Å². The fourth-order valence-electron chi connectivity index (χ4n) is 1.97. The third-order valence-electron chi connectivity index (χ3n) is 3.07. The van der Waals surface area contributed by atoms with Gasteiger partial charge in [-0.1, -0.05) is 31.7 Å². The first-order valence-corrected chi connectivity index (χ1v) is 7.85. The molecule has 3 heteroatoms. The molecular weight excluding hydrogens is 264 g/mol. The molecular formula is C17H22N2S. The first-order chi connectivity index (χ1) is 9.65. The largest absolute Gasteiger partial charge is 0.312 e. The molecule has 1 aromatic carbocycles. The Kier molecular flexibility index (Phi) is 5.62. The molecule has 0 atom stereocenters. The second kappa shape index (κ2) is 7.46. The van der Waals surface area contributed by atoms with Gasteiger partial charge in [-0.2, -0.15) is 0 Å². The van der Waals surface area contributed by atoms with Crippen LogP contribution in [0.1, 0.15) is 25.0 Å². The van der Waals surface area contributed by atoms with Gasteiger partial charge < -0.3 is 5.32 Å². The van der Waals surface area contributed by atoms with Crippen molar-refractivity contribution in [1.29, 1.82) is 0 Å². The van der Waals surface area contributed by atoms with Crippen molar-refractivity contribution in [1.82, 2.24) is 10.3 Å². The van der Waals surface area contributed by atoms with Crippen molar-refractivity contribution >= 4 is 11.8 Å². The fourth-order valence-corrected chi connectivity index (χ4v) is 2.87. The monoisotopic (exact) mass is 286 g/mol. The Hall–Kier alpha value is -1.32. The molecule has 20 heavy (non-hydrogen) atoms. The predicted octanol–water partition coefficient (Wildman–Crippen LogP) is 4.29. The summed E-state index contributed by atoms with van der Waals surface area (Å²) in [6.07, 6.45) is 3.67. The van der Waals surface area contributed by atoms with Gasteiger partial charge in [0, 0.05) is 28.7 Å². The Labute approximate surface area is 126 Å². The minimum Gasteiger partial charge on any atom is -0.312 e. The second-order valence-electron chi connectivity index (χ2n) is 5.40. The van der Waals surface area contributed by atoms with E-state index in [1.807, 2.05) is 24.5 Å². The molecule has 0 fully saturated rings. The molecule has 2 nitrogen and oxygen atoms in total. The van der Waals surface area contributed by atoms with E-state index in [9.17, 15) is 0 Å². The Bertz CT molecular complexity index is 538. The van der Waals surface area contributed by atoms with E-state index in [1.165, 1.54) is 20.9 Å². The highest BCUT2D eigenvalue weighted by Gasteiger charge is 2.02. The molecule has 0 radical (unpaired) electrons. The second-order valence-corrected chi connectivity index (χ2v) is 6.54. The van der Waals surface area contributed by atoms with Crippen molar-refractivity contribution < 1.29 is 0 Å². The summed E-state index contributed by atoms with van der Waals surface area (Å²) in [7, 11) is 0. The molecule has 0 saturated carbocycles. The summed E-state index contributed by atoms with van der Waals surface area (Å²) in [5, 5.41) is 3.50. The first-order valence-electron chi connectivity index (χ1n) is 7.03. The molecule has 0 aliphatic rings. The van der Waals surface area contributed by atoms with Crippen molar-refractivity contribution in [3.63, 3.8) is 0 Å². The minimum absolute atomic E-state index is 0.692. The van der Waals surface area contributed by atoms with Crippen LogP contribution >= 0.6 is 11.8 Å². The number of hydrogen-bond donors (Lipinski definition) is 1. The molecule has 106 valence electrons. The molecule has 0 unspecified atom stereocenters. The normalized spacial score (nSPS) is 11.0. The van der Waals surface area contributed by atoms with Gasteiger partial charge in [-0.3, -0.25) is 4.98 Å².